The number of hydrogen-bond donors (Lipinski definition) is 1. The predicted molar refractivity (Wildman–Crippen MR) is 51.7 cm³/mol. The minimum Gasteiger partial charge on any atom is -0.316 e. The Kier molecular flexibility index (Phi) is 7.60. The zero-order valence-electron chi connectivity index (χ0n) is 7.68. The molecule has 0 spiro atoms. The van der Waals surface area contributed by atoms with Gasteiger partial charge in [0.25, 0.3) is 0 Å². The molecule has 68 valence electrons. The summed E-state index contributed by atoms with van der Waals surface area (Å²) in [7, 11) is 1.88. The Balaban J connectivity index is 3.74. The molecule has 0 aromatic rings. The Hall–Kier alpha value is -0.890. The molecular formula is C10H16FN. The van der Waals surface area contributed by atoms with Gasteiger partial charge in [0.05, 0.1) is 6.33 Å². The molecule has 1 N–H and O–H groups in total. The van der Waals surface area contributed by atoms with Crippen molar-refractivity contribution in [2.24, 2.45) is 0 Å². The topological polar surface area (TPSA) is 12.0 Å². The maximum absolute atomic E-state index is 12.0. The van der Waals surface area contributed by atoms with E-state index in [2.05, 4.69) is 5.32 Å². The lowest BCUT2D eigenvalue weighted by molar-refractivity contribution is 0.708. The SMILES string of the molecule is CCC(/C=C\C=C\CNC)=C\F. The van der Waals surface area contributed by atoms with Crippen LogP contribution < -0.4 is 5.32 Å². The second-order valence-electron chi connectivity index (χ2n) is 2.38. The van der Waals surface area contributed by atoms with Gasteiger partial charge in [-0.05, 0) is 19.0 Å². The molecule has 0 amide bonds. The largest absolute Gasteiger partial charge is 0.316 e. The van der Waals surface area contributed by atoms with Gasteiger partial charge in [-0.25, -0.2) is 4.39 Å². The van der Waals surface area contributed by atoms with Crippen molar-refractivity contribution in [1.82, 2.24) is 5.32 Å². The van der Waals surface area contributed by atoms with Crippen LogP contribution in [0.4, 0.5) is 4.39 Å². The fraction of sp³-hybridized carbons (Fsp3) is 0.400. The highest BCUT2D eigenvalue weighted by Crippen LogP contribution is 2.02. The molecule has 0 saturated heterocycles. The summed E-state index contributed by atoms with van der Waals surface area (Å²) in [6, 6.07) is 0. The third kappa shape index (κ3) is 5.86. The van der Waals surface area contributed by atoms with E-state index in [-0.39, 0.29) is 0 Å². The summed E-state index contributed by atoms with van der Waals surface area (Å²) in [5.41, 5.74) is 0.712. The summed E-state index contributed by atoms with van der Waals surface area (Å²) < 4.78 is 12.0. The smallest absolute Gasteiger partial charge is 0.0898 e. The minimum atomic E-state index is 0.641. The van der Waals surface area contributed by atoms with Crippen LogP contribution in [-0.4, -0.2) is 13.6 Å². The third-order valence-electron chi connectivity index (χ3n) is 1.43. The van der Waals surface area contributed by atoms with E-state index in [1.807, 2.05) is 32.2 Å². The molecule has 0 radical (unpaired) electrons. The first-order valence-corrected chi connectivity index (χ1v) is 4.12. The number of nitrogens with one attached hydrogen (secondary N) is 1. The first-order chi connectivity index (χ1) is 5.85. The second kappa shape index (κ2) is 8.21. The van der Waals surface area contributed by atoms with E-state index < -0.39 is 0 Å². The van der Waals surface area contributed by atoms with Gasteiger partial charge < -0.3 is 5.32 Å². The van der Waals surface area contributed by atoms with Crippen molar-refractivity contribution in [3.05, 3.63) is 36.2 Å². The quantitative estimate of drug-likeness (QED) is 0.624. The second-order valence-corrected chi connectivity index (χ2v) is 2.38. The molecule has 1 nitrogen and oxygen atoms in total. The summed E-state index contributed by atoms with van der Waals surface area (Å²) >= 11 is 0. The van der Waals surface area contributed by atoms with E-state index in [9.17, 15) is 4.39 Å². The van der Waals surface area contributed by atoms with Crippen LogP contribution in [-0.2, 0) is 0 Å². The summed E-state index contributed by atoms with van der Waals surface area (Å²) in [4.78, 5) is 0. The van der Waals surface area contributed by atoms with Gasteiger partial charge in [0, 0.05) is 6.54 Å². The molecule has 0 aliphatic rings. The summed E-state index contributed by atoms with van der Waals surface area (Å²) in [5.74, 6) is 0. The van der Waals surface area contributed by atoms with Crippen LogP contribution in [0.1, 0.15) is 13.3 Å². The van der Waals surface area contributed by atoms with Gasteiger partial charge in [0.15, 0.2) is 0 Å². The number of hydrogen-bond acceptors (Lipinski definition) is 1. The molecule has 0 heterocycles. The average Bonchev–Trinajstić information content (AvgIpc) is 2.11. The normalized spacial score (nSPS) is 13.4. The van der Waals surface area contributed by atoms with Crippen molar-refractivity contribution in [3.63, 3.8) is 0 Å². The maximum Gasteiger partial charge on any atom is 0.0898 e. The van der Waals surface area contributed by atoms with Gasteiger partial charge in [0.1, 0.15) is 0 Å². The van der Waals surface area contributed by atoms with E-state index >= 15 is 0 Å². The van der Waals surface area contributed by atoms with Crippen molar-refractivity contribution >= 4 is 0 Å². The fourth-order valence-electron chi connectivity index (χ4n) is 0.675. The Morgan fingerprint density at radius 2 is 2.17 bits per heavy atom. The molecule has 2 heteroatoms. The van der Waals surface area contributed by atoms with E-state index in [4.69, 9.17) is 0 Å². The predicted octanol–water partition coefficient (Wildman–Crippen LogP) is 2.58. The molecule has 12 heavy (non-hydrogen) atoms. The molecule has 0 aliphatic carbocycles. The maximum atomic E-state index is 12.0. The summed E-state index contributed by atoms with van der Waals surface area (Å²) in [5, 5.41) is 2.97. The lowest BCUT2D eigenvalue weighted by Crippen LogP contribution is -2.03. The van der Waals surface area contributed by atoms with Crippen molar-refractivity contribution in [2.75, 3.05) is 13.6 Å². The monoisotopic (exact) mass is 169 g/mol. The van der Waals surface area contributed by atoms with Crippen LogP contribution in [0.5, 0.6) is 0 Å². The third-order valence-corrected chi connectivity index (χ3v) is 1.43. The lowest BCUT2D eigenvalue weighted by Gasteiger charge is -1.89. The average molecular weight is 169 g/mol. The van der Waals surface area contributed by atoms with E-state index in [1.54, 1.807) is 6.08 Å². The molecule has 0 aromatic carbocycles. The molecule has 0 bridgehead atoms. The first kappa shape index (κ1) is 11.1. The Bertz CT molecular complexity index is 180. The van der Waals surface area contributed by atoms with Gasteiger partial charge in [-0.15, -0.1) is 0 Å². The van der Waals surface area contributed by atoms with Gasteiger partial charge in [-0.2, -0.15) is 0 Å². The Labute approximate surface area is 73.7 Å². The molecule has 0 saturated carbocycles. The van der Waals surface area contributed by atoms with Crippen LogP contribution in [0.15, 0.2) is 36.2 Å². The standard InChI is InChI=1S/C10H16FN/c1-3-10(9-11)7-5-4-6-8-12-2/h4-7,9,12H,3,8H2,1-2H3/b6-4+,7-5-,10-9+. The zero-order chi connectivity index (χ0) is 9.23. The van der Waals surface area contributed by atoms with Crippen molar-refractivity contribution in [2.45, 2.75) is 13.3 Å². The molecule has 0 aliphatic heterocycles. The minimum absolute atomic E-state index is 0.641. The van der Waals surface area contributed by atoms with E-state index in [0.29, 0.717) is 11.9 Å². The Morgan fingerprint density at radius 3 is 2.67 bits per heavy atom. The number of halogens is 1. The van der Waals surface area contributed by atoms with Crippen LogP contribution in [0.25, 0.3) is 0 Å². The van der Waals surface area contributed by atoms with Crippen LogP contribution in [0.3, 0.4) is 0 Å². The molecule has 0 rings (SSSR count). The summed E-state index contributed by atoms with van der Waals surface area (Å²) in [6.07, 6.45) is 8.85. The van der Waals surface area contributed by atoms with Crippen LogP contribution in [0.2, 0.25) is 0 Å². The molecular weight excluding hydrogens is 153 g/mol. The van der Waals surface area contributed by atoms with Crippen molar-refractivity contribution < 1.29 is 4.39 Å². The lowest BCUT2D eigenvalue weighted by atomic mass is 10.2. The molecule has 0 unspecified atom stereocenters. The molecule has 0 aromatic heterocycles. The summed E-state index contributed by atoms with van der Waals surface area (Å²) in [6.45, 7) is 2.76. The highest BCUT2D eigenvalue weighted by atomic mass is 19.1. The van der Waals surface area contributed by atoms with Gasteiger partial charge in [0.2, 0.25) is 0 Å². The van der Waals surface area contributed by atoms with Crippen molar-refractivity contribution in [3.8, 4) is 0 Å². The highest BCUT2D eigenvalue weighted by Gasteiger charge is 1.83. The van der Waals surface area contributed by atoms with Gasteiger partial charge >= 0.3 is 0 Å². The van der Waals surface area contributed by atoms with Crippen LogP contribution in [0, 0.1) is 0 Å². The van der Waals surface area contributed by atoms with E-state index in [1.165, 1.54) is 0 Å². The first-order valence-electron chi connectivity index (χ1n) is 4.12. The number of allylic oxidation sites excluding steroid dienone is 4. The Morgan fingerprint density at radius 1 is 1.42 bits per heavy atom. The zero-order valence-corrected chi connectivity index (χ0v) is 7.68. The molecule has 0 fully saturated rings. The van der Waals surface area contributed by atoms with Gasteiger partial charge in [-0.1, -0.05) is 31.2 Å². The van der Waals surface area contributed by atoms with E-state index in [0.717, 1.165) is 13.0 Å². The number of rotatable bonds is 5. The molecule has 0 atom stereocenters. The van der Waals surface area contributed by atoms with Crippen LogP contribution >= 0.6 is 0 Å². The van der Waals surface area contributed by atoms with Gasteiger partial charge in [-0.3, -0.25) is 0 Å². The highest BCUT2D eigenvalue weighted by molar-refractivity contribution is 5.20. The van der Waals surface area contributed by atoms with Crippen molar-refractivity contribution in [1.29, 1.82) is 0 Å². The fourth-order valence-corrected chi connectivity index (χ4v) is 0.675. The number of likely N-dealkylation sites (N-methyl/N-ethyl adjacent to an activating group) is 1.